The predicted octanol–water partition coefficient (Wildman–Crippen LogP) is 3.24. The number of nitrogens with one attached hydrogen (secondary N) is 1. The van der Waals surface area contributed by atoms with Crippen LogP contribution < -0.4 is 0 Å². The SMILES string of the molecule is c1ccncc1.c1ccsc1.c1cn[nH]c1. The monoisotopic (exact) mass is 231 g/mol. The van der Waals surface area contributed by atoms with Gasteiger partial charge >= 0.3 is 0 Å². The van der Waals surface area contributed by atoms with Crippen molar-refractivity contribution in [3.05, 3.63) is 71.9 Å². The Kier molecular flexibility index (Phi) is 7.29. The first-order chi connectivity index (χ1) is 8.00. The van der Waals surface area contributed by atoms with E-state index in [1.165, 1.54) is 0 Å². The Morgan fingerprint density at radius 1 is 0.750 bits per heavy atom. The molecule has 3 heterocycles. The third-order valence-corrected chi connectivity index (χ3v) is 2.03. The average molecular weight is 231 g/mol. The molecule has 3 rings (SSSR count). The van der Waals surface area contributed by atoms with Crippen molar-refractivity contribution < 1.29 is 0 Å². The van der Waals surface area contributed by atoms with Gasteiger partial charge in [0.1, 0.15) is 0 Å². The van der Waals surface area contributed by atoms with Crippen molar-refractivity contribution in [1.29, 1.82) is 0 Å². The van der Waals surface area contributed by atoms with E-state index in [0.717, 1.165) is 0 Å². The Hall–Kier alpha value is -1.94. The van der Waals surface area contributed by atoms with E-state index in [1.807, 2.05) is 47.2 Å². The lowest BCUT2D eigenvalue weighted by atomic mass is 10.5. The molecule has 16 heavy (non-hydrogen) atoms. The molecule has 0 saturated heterocycles. The van der Waals surface area contributed by atoms with Crippen LogP contribution in [0.2, 0.25) is 0 Å². The molecule has 0 aliphatic heterocycles. The molecule has 0 aliphatic carbocycles. The number of rotatable bonds is 0. The Morgan fingerprint density at radius 3 is 1.69 bits per heavy atom. The Morgan fingerprint density at radius 2 is 1.50 bits per heavy atom. The fraction of sp³-hybridized carbons (Fsp3) is 0. The van der Waals surface area contributed by atoms with E-state index < -0.39 is 0 Å². The average Bonchev–Trinajstić information content (AvgIpc) is 3.10. The van der Waals surface area contributed by atoms with Crippen LogP contribution in [-0.2, 0) is 0 Å². The van der Waals surface area contributed by atoms with Crippen molar-refractivity contribution >= 4 is 11.3 Å². The minimum atomic E-state index is 1.69. The highest BCUT2D eigenvalue weighted by Gasteiger charge is 1.59. The number of H-pyrrole nitrogens is 1. The van der Waals surface area contributed by atoms with Gasteiger partial charge in [-0.3, -0.25) is 10.1 Å². The van der Waals surface area contributed by atoms with Crippen molar-refractivity contribution in [2.75, 3.05) is 0 Å². The molecule has 0 aliphatic rings. The zero-order valence-corrected chi connectivity index (χ0v) is 9.55. The van der Waals surface area contributed by atoms with Gasteiger partial charge in [0, 0.05) is 24.8 Å². The number of aromatic nitrogens is 3. The Labute approximate surface area is 98.8 Å². The molecule has 3 aromatic rings. The maximum Gasteiger partial charge on any atom is 0.0487 e. The van der Waals surface area contributed by atoms with Gasteiger partial charge in [0.05, 0.1) is 0 Å². The van der Waals surface area contributed by atoms with E-state index in [4.69, 9.17) is 0 Å². The van der Waals surface area contributed by atoms with Gasteiger partial charge in [-0.25, -0.2) is 0 Å². The number of hydrogen-bond donors (Lipinski definition) is 1. The first-order valence-corrected chi connectivity index (χ1v) is 5.70. The van der Waals surface area contributed by atoms with Crippen LogP contribution in [0.4, 0.5) is 0 Å². The van der Waals surface area contributed by atoms with Crippen LogP contribution in [0, 0.1) is 0 Å². The van der Waals surface area contributed by atoms with Crippen LogP contribution in [0.15, 0.2) is 71.9 Å². The molecule has 0 unspecified atom stereocenters. The summed E-state index contributed by atoms with van der Waals surface area (Å²) in [6.45, 7) is 0. The number of thiophene rings is 1. The first kappa shape index (κ1) is 12.1. The second-order valence-corrected chi connectivity index (χ2v) is 3.40. The molecule has 0 saturated carbocycles. The maximum absolute atomic E-state index is 3.78. The summed E-state index contributed by atoms with van der Waals surface area (Å²) in [5, 5.41) is 10.3. The molecule has 0 radical (unpaired) electrons. The van der Waals surface area contributed by atoms with Crippen LogP contribution in [0.5, 0.6) is 0 Å². The summed E-state index contributed by atoms with van der Waals surface area (Å²) in [6.07, 6.45) is 6.96. The van der Waals surface area contributed by atoms with E-state index in [1.54, 1.807) is 36.1 Å². The highest BCUT2D eigenvalue weighted by atomic mass is 32.1. The third kappa shape index (κ3) is 7.46. The first-order valence-electron chi connectivity index (χ1n) is 4.76. The number of aromatic amines is 1. The lowest BCUT2D eigenvalue weighted by Crippen LogP contribution is -1.58. The molecular formula is C12H13N3S. The Balaban J connectivity index is 0.000000121. The van der Waals surface area contributed by atoms with E-state index in [2.05, 4.69) is 15.2 Å². The van der Waals surface area contributed by atoms with E-state index in [0.29, 0.717) is 0 Å². The number of pyridine rings is 1. The summed E-state index contributed by atoms with van der Waals surface area (Å²) in [4.78, 5) is 3.78. The molecule has 4 heteroatoms. The summed E-state index contributed by atoms with van der Waals surface area (Å²) in [5.74, 6) is 0. The summed E-state index contributed by atoms with van der Waals surface area (Å²) in [6, 6.07) is 11.6. The summed E-state index contributed by atoms with van der Waals surface area (Å²) in [7, 11) is 0. The fourth-order valence-electron chi connectivity index (χ4n) is 0.755. The minimum absolute atomic E-state index is 1.69. The van der Waals surface area contributed by atoms with E-state index in [-0.39, 0.29) is 0 Å². The summed E-state index contributed by atoms with van der Waals surface area (Å²) < 4.78 is 0. The minimum Gasteiger partial charge on any atom is -0.286 e. The molecule has 3 aromatic heterocycles. The standard InChI is InChI=1S/C5H5N.C4H4S.C3H4N2/c1-2-4-6-5-3-1;2*1-2-4-5-3-1/h1-5H;1-4H;1-3H,(H,4,5). The van der Waals surface area contributed by atoms with Gasteiger partial charge in [-0.15, -0.1) is 0 Å². The van der Waals surface area contributed by atoms with E-state index in [9.17, 15) is 0 Å². The van der Waals surface area contributed by atoms with Crippen LogP contribution >= 0.6 is 11.3 Å². The normalized spacial score (nSPS) is 8.00. The van der Waals surface area contributed by atoms with Gasteiger partial charge in [-0.1, -0.05) is 18.2 Å². The van der Waals surface area contributed by atoms with Gasteiger partial charge in [-0.05, 0) is 29.0 Å². The van der Waals surface area contributed by atoms with Crippen LogP contribution in [0.25, 0.3) is 0 Å². The van der Waals surface area contributed by atoms with Crippen LogP contribution in [0.1, 0.15) is 0 Å². The zero-order chi connectivity index (χ0) is 11.3. The second kappa shape index (κ2) is 9.61. The van der Waals surface area contributed by atoms with Crippen molar-refractivity contribution in [2.45, 2.75) is 0 Å². The van der Waals surface area contributed by atoms with Gasteiger partial charge in [0.2, 0.25) is 0 Å². The van der Waals surface area contributed by atoms with Crippen molar-refractivity contribution in [3.8, 4) is 0 Å². The van der Waals surface area contributed by atoms with Gasteiger partial charge in [0.15, 0.2) is 0 Å². The second-order valence-electron chi connectivity index (χ2n) is 2.58. The Bertz CT molecular complexity index is 308. The third-order valence-electron chi connectivity index (χ3n) is 1.40. The van der Waals surface area contributed by atoms with Gasteiger partial charge < -0.3 is 0 Å². The van der Waals surface area contributed by atoms with Gasteiger partial charge in [0.25, 0.3) is 0 Å². The lowest BCUT2D eigenvalue weighted by Gasteiger charge is -1.70. The summed E-state index contributed by atoms with van der Waals surface area (Å²) in [5.41, 5.74) is 0. The smallest absolute Gasteiger partial charge is 0.0487 e. The highest BCUT2D eigenvalue weighted by Crippen LogP contribution is 1.91. The highest BCUT2D eigenvalue weighted by molar-refractivity contribution is 7.07. The molecule has 0 fully saturated rings. The van der Waals surface area contributed by atoms with E-state index >= 15 is 0 Å². The van der Waals surface area contributed by atoms with Crippen LogP contribution in [0.3, 0.4) is 0 Å². The molecule has 0 bridgehead atoms. The topological polar surface area (TPSA) is 41.6 Å². The molecule has 0 spiro atoms. The summed E-state index contributed by atoms with van der Waals surface area (Å²) >= 11 is 1.71. The predicted molar refractivity (Wildman–Crippen MR) is 67.1 cm³/mol. The molecule has 3 nitrogen and oxygen atoms in total. The quantitative estimate of drug-likeness (QED) is 0.645. The van der Waals surface area contributed by atoms with Crippen molar-refractivity contribution in [2.24, 2.45) is 0 Å². The largest absolute Gasteiger partial charge is 0.286 e. The molecule has 0 aromatic carbocycles. The lowest BCUT2D eigenvalue weighted by molar-refractivity contribution is 1.09. The van der Waals surface area contributed by atoms with Gasteiger partial charge in [-0.2, -0.15) is 16.4 Å². The molecule has 82 valence electrons. The number of hydrogen-bond acceptors (Lipinski definition) is 3. The molecule has 0 amide bonds. The molecular weight excluding hydrogens is 218 g/mol. The fourth-order valence-corrected chi connectivity index (χ4v) is 1.21. The van der Waals surface area contributed by atoms with Crippen LogP contribution in [-0.4, -0.2) is 15.2 Å². The molecule has 1 N–H and O–H groups in total. The number of nitrogens with zero attached hydrogens (tertiary/aromatic N) is 2. The maximum atomic E-state index is 3.78. The molecule has 0 atom stereocenters. The van der Waals surface area contributed by atoms with Crippen molar-refractivity contribution in [3.63, 3.8) is 0 Å². The zero-order valence-electron chi connectivity index (χ0n) is 8.73. The van der Waals surface area contributed by atoms with Crippen molar-refractivity contribution in [1.82, 2.24) is 15.2 Å².